The summed E-state index contributed by atoms with van der Waals surface area (Å²) in [5, 5.41) is 3.42. The smallest absolute Gasteiger partial charge is 0.419 e. The standard InChI is InChI=1S/C30H23ClF3N5O4/c31-21-8-6-19(7-9-21)24-12-13-35-29(37-24)36-22-10-11-23(25(18-22)43-28(42)30(32,33)34)27(41)39-16-14-38(15-17-39)26(40)20-4-2-1-3-5-20/h1-13,18H,14-17H2,(H,35,36,37). The Bertz CT molecular complexity index is 1640. The van der Waals surface area contributed by atoms with Crippen molar-refractivity contribution in [3.8, 4) is 17.0 Å². The Hall–Kier alpha value is -4.97. The molecular formula is C30H23ClF3N5O4. The fourth-order valence-corrected chi connectivity index (χ4v) is 4.52. The molecule has 0 unspecified atom stereocenters. The maximum Gasteiger partial charge on any atom is 0.491 e. The second kappa shape index (κ2) is 12.5. The van der Waals surface area contributed by atoms with Gasteiger partial charge in [-0.3, -0.25) is 9.59 Å². The number of benzene rings is 3. The number of piperazine rings is 1. The second-order valence-electron chi connectivity index (χ2n) is 9.45. The van der Waals surface area contributed by atoms with Gasteiger partial charge in [-0.25, -0.2) is 14.8 Å². The van der Waals surface area contributed by atoms with Crippen LogP contribution in [0.1, 0.15) is 20.7 Å². The fourth-order valence-electron chi connectivity index (χ4n) is 4.39. The average Bonchev–Trinajstić information content (AvgIpc) is 3.01. The van der Waals surface area contributed by atoms with Crippen LogP contribution in [-0.4, -0.2) is 69.9 Å². The number of alkyl halides is 3. The van der Waals surface area contributed by atoms with Crippen molar-refractivity contribution in [3.63, 3.8) is 0 Å². The Morgan fingerprint density at radius 2 is 1.49 bits per heavy atom. The van der Waals surface area contributed by atoms with Crippen molar-refractivity contribution < 1.29 is 32.3 Å². The number of amides is 2. The average molecular weight is 610 g/mol. The molecule has 0 bridgehead atoms. The first-order valence-corrected chi connectivity index (χ1v) is 13.4. The summed E-state index contributed by atoms with van der Waals surface area (Å²) in [4.78, 5) is 49.4. The maximum atomic E-state index is 13.4. The molecule has 1 aromatic heterocycles. The van der Waals surface area contributed by atoms with Crippen molar-refractivity contribution in [2.45, 2.75) is 6.18 Å². The van der Waals surface area contributed by atoms with E-state index in [1.807, 2.05) is 0 Å². The number of hydrogen-bond donors (Lipinski definition) is 1. The zero-order valence-corrected chi connectivity index (χ0v) is 23.1. The Kier molecular flexibility index (Phi) is 8.58. The lowest BCUT2D eigenvalue weighted by molar-refractivity contribution is -0.189. The molecule has 1 aliphatic rings. The van der Waals surface area contributed by atoms with Gasteiger partial charge in [0, 0.05) is 60.3 Å². The number of hydrogen-bond acceptors (Lipinski definition) is 7. The number of carbonyl (C=O) groups is 3. The molecule has 0 saturated carbocycles. The summed E-state index contributed by atoms with van der Waals surface area (Å²) in [5.41, 5.74) is 1.74. The van der Waals surface area contributed by atoms with Crippen LogP contribution in [0.4, 0.5) is 24.8 Å². The molecule has 2 amide bonds. The van der Waals surface area contributed by atoms with Crippen molar-refractivity contribution in [2.75, 3.05) is 31.5 Å². The van der Waals surface area contributed by atoms with E-state index in [4.69, 9.17) is 11.6 Å². The summed E-state index contributed by atoms with van der Waals surface area (Å²) in [7, 11) is 0. The number of esters is 1. The minimum atomic E-state index is -5.29. The second-order valence-corrected chi connectivity index (χ2v) is 9.88. The molecule has 220 valence electrons. The van der Waals surface area contributed by atoms with Crippen molar-refractivity contribution in [3.05, 3.63) is 101 Å². The highest BCUT2D eigenvalue weighted by atomic mass is 35.5. The number of rotatable bonds is 6. The molecule has 4 aromatic rings. The quantitative estimate of drug-likeness (QED) is 0.224. The first-order valence-electron chi connectivity index (χ1n) is 13.0. The van der Waals surface area contributed by atoms with Gasteiger partial charge in [0.25, 0.3) is 11.8 Å². The van der Waals surface area contributed by atoms with Gasteiger partial charge in [-0.05, 0) is 42.5 Å². The summed E-state index contributed by atoms with van der Waals surface area (Å²) in [6.07, 6.45) is -3.80. The molecule has 9 nitrogen and oxygen atoms in total. The number of nitrogens with zero attached hydrogens (tertiary/aromatic N) is 4. The maximum absolute atomic E-state index is 13.4. The van der Waals surface area contributed by atoms with E-state index >= 15 is 0 Å². The molecule has 1 fully saturated rings. The van der Waals surface area contributed by atoms with E-state index in [0.717, 1.165) is 11.6 Å². The van der Waals surface area contributed by atoms with Crippen LogP contribution in [0.3, 0.4) is 0 Å². The SMILES string of the molecule is O=C(c1ccccc1)N1CCN(C(=O)c2ccc(Nc3nccc(-c4ccc(Cl)cc4)n3)cc2OC(=O)C(F)(F)F)CC1. The van der Waals surface area contributed by atoms with Gasteiger partial charge < -0.3 is 19.9 Å². The van der Waals surface area contributed by atoms with Crippen LogP contribution < -0.4 is 10.1 Å². The van der Waals surface area contributed by atoms with Crippen LogP contribution in [0.5, 0.6) is 5.75 Å². The Morgan fingerprint density at radius 3 is 2.14 bits per heavy atom. The first-order chi connectivity index (χ1) is 20.6. The van der Waals surface area contributed by atoms with Gasteiger partial charge in [-0.1, -0.05) is 41.9 Å². The lowest BCUT2D eigenvalue weighted by atomic mass is 10.1. The highest BCUT2D eigenvalue weighted by Crippen LogP contribution is 2.30. The highest BCUT2D eigenvalue weighted by molar-refractivity contribution is 6.30. The van der Waals surface area contributed by atoms with Gasteiger partial charge in [-0.15, -0.1) is 0 Å². The van der Waals surface area contributed by atoms with E-state index in [1.165, 1.54) is 23.2 Å². The summed E-state index contributed by atoms with van der Waals surface area (Å²) < 4.78 is 44.0. The largest absolute Gasteiger partial charge is 0.491 e. The summed E-state index contributed by atoms with van der Waals surface area (Å²) >= 11 is 5.95. The molecule has 0 aliphatic carbocycles. The number of ether oxygens (including phenoxy) is 1. The predicted octanol–water partition coefficient (Wildman–Crippen LogP) is 5.61. The van der Waals surface area contributed by atoms with Crippen molar-refractivity contribution in [1.82, 2.24) is 19.8 Å². The van der Waals surface area contributed by atoms with E-state index in [0.29, 0.717) is 16.3 Å². The van der Waals surface area contributed by atoms with Crippen LogP contribution >= 0.6 is 11.6 Å². The molecule has 5 rings (SSSR count). The van der Waals surface area contributed by atoms with Gasteiger partial charge in [-0.2, -0.15) is 13.2 Å². The fraction of sp³-hybridized carbons (Fsp3) is 0.167. The summed E-state index contributed by atoms with van der Waals surface area (Å²) in [6.45, 7) is 0.709. The molecule has 1 saturated heterocycles. The monoisotopic (exact) mass is 609 g/mol. The molecule has 3 aromatic carbocycles. The third-order valence-corrected chi connectivity index (χ3v) is 6.82. The molecule has 2 heterocycles. The van der Waals surface area contributed by atoms with E-state index in [2.05, 4.69) is 20.0 Å². The van der Waals surface area contributed by atoms with E-state index in [-0.39, 0.29) is 49.3 Å². The number of carbonyl (C=O) groups excluding carboxylic acids is 3. The Labute approximate surface area is 248 Å². The van der Waals surface area contributed by atoms with Crippen molar-refractivity contribution in [2.24, 2.45) is 0 Å². The van der Waals surface area contributed by atoms with E-state index in [1.54, 1.807) is 65.6 Å². The lowest BCUT2D eigenvalue weighted by Crippen LogP contribution is -2.50. The number of anilines is 2. The van der Waals surface area contributed by atoms with Gasteiger partial charge in [0.05, 0.1) is 11.3 Å². The minimum absolute atomic E-state index is 0.110. The molecule has 0 spiro atoms. The number of nitrogens with one attached hydrogen (secondary N) is 1. The van der Waals surface area contributed by atoms with E-state index in [9.17, 15) is 27.6 Å². The highest BCUT2D eigenvalue weighted by Gasteiger charge is 2.42. The zero-order valence-electron chi connectivity index (χ0n) is 22.3. The Morgan fingerprint density at radius 1 is 0.837 bits per heavy atom. The molecule has 0 atom stereocenters. The number of halogens is 4. The van der Waals surface area contributed by atoms with Crippen molar-refractivity contribution >= 4 is 41.0 Å². The van der Waals surface area contributed by atoms with Crippen LogP contribution in [0.15, 0.2) is 85.1 Å². The molecular weight excluding hydrogens is 587 g/mol. The van der Waals surface area contributed by atoms with Crippen LogP contribution in [0.25, 0.3) is 11.3 Å². The van der Waals surface area contributed by atoms with Gasteiger partial charge in [0.15, 0.2) is 0 Å². The number of aromatic nitrogens is 2. The van der Waals surface area contributed by atoms with Crippen LogP contribution in [0, 0.1) is 0 Å². The molecule has 1 N–H and O–H groups in total. The van der Waals surface area contributed by atoms with Crippen LogP contribution in [-0.2, 0) is 4.79 Å². The normalized spacial score (nSPS) is 13.4. The first kappa shape index (κ1) is 29.5. The zero-order chi connectivity index (χ0) is 30.6. The Balaban J connectivity index is 1.35. The lowest BCUT2D eigenvalue weighted by Gasteiger charge is -2.35. The molecule has 43 heavy (non-hydrogen) atoms. The topological polar surface area (TPSA) is 105 Å². The summed E-state index contributed by atoms with van der Waals surface area (Å²) in [6, 6.07) is 21.1. The molecule has 0 radical (unpaired) electrons. The molecule has 13 heteroatoms. The van der Waals surface area contributed by atoms with Gasteiger partial charge in [0.2, 0.25) is 5.95 Å². The third-order valence-electron chi connectivity index (χ3n) is 6.57. The van der Waals surface area contributed by atoms with Gasteiger partial charge >= 0.3 is 12.1 Å². The van der Waals surface area contributed by atoms with Crippen LogP contribution in [0.2, 0.25) is 5.02 Å². The molecule has 1 aliphatic heterocycles. The van der Waals surface area contributed by atoms with Gasteiger partial charge in [0.1, 0.15) is 5.75 Å². The summed E-state index contributed by atoms with van der Waals surface area (Å²) in [5.74, 6) is -3.79. The third kappa shape index (κ3) is 7.09. The minimum Gasteiger partial charge on any atom is -0.419 e. The van der Waals surface area contributed by atoms with E-state index < -0.39 is 23.8 Å². The predicted molar refractivity (Wildman–Crippen MR) is 152 cm³/mol. The van der Waals surface area contributed by atoms with Crippen molar-refractivity contribution in [1.29, 1.82) is 0 Å².